The van der Waals surface area contributed by atoms with Crippen molar-refractivity contribution in [2.75, 3.05) is 6.54 Å². The molecule has 16 heavy (non-hydrogen) atoms. The number of carbonyl (C=O) groups is 1. The van der Waals surface area contributed by atoms with Crippen molar-refractivity contribution in [3.8, 4) is 0 Å². The summed E-state index contributed by atoms with van der Waals surface area (Å²) in [5.41, 5.74) is 7.36. The van der Waals surface area contributed by atoms with Gasteiger partial charge >= 0.3 is 0 Å². The van der Waals surface area contributed by atoms with Crippen LogP contribution in [0, 0.1) is 12.3 Å². The molecule has 3 N–H and O–H groups in total. The molecule has 0 fully saturated rings. The molecule has 0 aliphatic carbocycles. The Balaban J connectivity index is 2.52. The molecule has 3 heteroatoms. The SMILES string of the molecule is Cc1ccc(CNC(=O)C(C)(C)CN)cc1. The number of benzene rings is 1. The van der Waals surface area contributed by atoms with Crippen LogP contribution in [0.5, 0.6) is 0 Å². The molecule has 88 valence electrons. The van der Waals surface area contributed by atoms with Crippen LogP contribution in [0.3, 0.4) is 0 Å². The Morgan fingerprint density at radius 2 is 1.88 bits per heavy atom. The van der Waals surface area contributed by atoms with Crippen molar-refractivity contribution in [1.29, 1.82) is 0 Å². The molecule has 0 aliphatic rings. The smallest absolute Gasteiger partial charge is 0.227 e. The van der Waals surface area contributed by atoms with Crippen LogP contribution >= 0.6 is 0 Å². The van der Waals surface area contributed by atoms with Gasteiger partial charge in [-0.1, -0.05) is 29.8 Å². The highest BCUT2D eigenvalue weighted by Gasteiger charge is 2.25. The molecule has 0 saturated heterocycles. The van der Waals surface area contributed by atoms with Gasteiger partial charge in [0, 0.05) is 13.1 Å². The van der Waals surface area contributed by atoms with Crippen LogP contribution in [0.2, 0.25) is 0 Å². The normalized spacial score (nSPS) is 11.2. The predicted octanol–water partition coefficient (Wildman–Crippen LogP) is 1.60. The van der Waals surface area contributed by atoms with Gasteiger partial charge < -0.3 is 11.1 Å². The van der Waals surface area contributed by atoms with E-state index in [1.807, 2.05) is 45.0 Å². The molecule has 0 aromatic heterocycles. The van der Waals surface area contributed by atoms with Crippen molar-refractivity contribution in [2.24, 2.45) is 11.1 Å². The molecule has 0 radical (unpaired) electrons. The van der Waals surface area contributed by atoms with Gasteiger partial charge in [0.2, 0.25) is 5.91 Å². The first-order valence-electron chi connectivity index (χ1n) is 5.49. The molecular weight excluding hydrogens is 200 g/mol. The molecule has 1 aromatic carbocycles. The van der Waals surface area contributed by atoms with Crippen molar-refractivity contribution in [3.05, 3.63) is 35.4 Å². The number of hydrogen-bond donors (Lipinski definition) is 2. The Morgan fingerprint density at radius 3 is 2.38 bits per heavy atom. The third kappa shape index (κ3) is 3.35. The van der Waals surface area contributed by atoms with Crippen LogP contribution in [0.25, 0.3) is 0 Å². The minimum atomic E-state index is -0.495. The summed E-state index contributed by atoms with van der Waals surface area (Å²) in [5.74, 6) is -0.00410. The van der Waals surface area contributed by atoms with Gasteiger partial charge in [-0.25, -0.2) is 0 Å². The second kappa shape index (κ2) is 5.12. The van der Waals surface area contributed by atoms with Crippen molar-refractivity contribution < 1.29 is 4.79 Å². The van der Waals surface area contributed by atoms with Crippen LogP contribution in [0.1, 0.15) is 25.0 Å². The second-order valence-corrected chi connectivity index (χ2v) is 4.76. The highest BCUT2D eigenvalue weighted by Crippen LogP contribution is 2.12. The molecule has 0 heterocycles. The van der Waals surface area contributed by atoms with Crippen LogP contribution < -0.4 is 11.1 Å². The number of aryl methyl sites for hydroxylation is 1. The molecule has 0 unspecified atom stereocenters. The maximum atomic E-state index is 11.7. The van der Waals surface area contributed by atoms with Gasteiger partial charge in [-0.2, -0.15) is 0 Å². The third-order valence-electron chi connectivity index (χ3n) is 2.70. The zero-order valence-corrected chi connectivity index (χ0v) is 10.2. The fourth-order valence-electron chi connectivity index (χ4n) is 1.22. The first-order chi connectivity index (χ1) is 7.45. The molecule has 0 spiro atoms. The molecule has 3 nitrogen and oxygen atoms in total. The number of nitrogens with two attached hydrogens (primary N) is 1. The van der Waals surface area contributed by atoms with Gasteiger partial charge in [-0.05, 0) is 26.3 Å². The fraction of sp³-hybridized carbons (Fsp3) is 0.462. The number of nitrogens with one attached hydrogen (secondary N) is 1. The van der Waals surface area contributed by atoms with E-state index >= 15 is 0 Å². The number of rotatable bonds is 4. The van der Waals surface area contributed by atoms with Crippen molar-refractivity contribution in [1.82, 2.24) is 5.32 Å². The molecular formula is C13H20N2O. The minimum absolute atomic E-state index is 0.00410. The number of hydrogen-bond acceptors (Lipinski definition) is 2. The summed E-state index contributed by atoms with van der Waals surface area (Å²) >= 11 is 0. The average Bonchev–Trinajstić information content (AvgIpc) is 2.28. The van der Waals surface area contributed by atoms with Crippen LogP contribution in [-0.2, 0) is 11.3 Å². The summed E-state index contributed by atoms with van der Waals surface area (Å²) in [6, 6.07) is 8.11. The third-order valence-corrected chi connectivity index (χ3v) is 2.70. The lowest BCUT2D eigenvalue weighted by atomic mass is 9.92. The average molecular weight is 220 g/mol. The first-order valence-corrected chi connectivity index (χ1v) is 5.49. The lowest BCUT2D eigenvalue weighted by Gasteiger charge is -2.21. The van der Waals surface area contributed by atoms with E-state index in [1.54, 1.807) is 0 Å². The van der Waals surface area contributed by atoms with Gasteiger partial charge in [0.25, 0.3) is 0 Å². The van der Waals surface area contributed by atoms with Gasteiger partial charge in [-0.15, -0.1) is 0 Å². The highest BCUT2D eigenvalue weighted by atomic mass is 16.2. The maximum absolute atomic E-state index is 11.7. The summed E-state index contributed by atoms with van der Waals surface area (Å²) in [5, 5.41) is 2.89. The summed E-state index contributed by atoms with van der Waals surface area (Å²) in [7, 11) is 0. The quantitative estimate of drug-likeness (QED) is 0.809. The van der Waals surface area contributed by atoms with Crippen molar-refractivity contribution >= 4 is 5.91 Å². The van der Waals surface area contributed by atoms with E-state index < -0.39 is 5.41 Å². The summed E-state index contributed by atoms with van der Waals surface area (Å²) in [6.07, 6.45) is 0. The van der Waals surface area contributed by atoms with E-state index in [0.717, 1.165) is 5.56 Å². The van der Waals surface area contributed by atoms with E-state index in [-0.39, 0.29) is 5.91 Å². The predicted molar refractivity (Wildman–Crippen MR) is 65.9 cm³/mol. The van der Waals surface area contributed by atoms with Crippen LogP contribution in [0.15, 0.2) is 24.3 Å². The van der Waals surface area contributed by atoms with E-state index in [9.17, 15) is 4.79 Å². The molecule has 0 atom stereocenters. The topological polar surface area (TPSA) is 55.1 Å². The zero-order valence-electron chi connectivity index (χ0n) is 10.2. The monoisotopic (exact) mass is 220 g/mol. The lowest BCUT2D eigenvalue weighted by Crippen LogP contribution is -2.41. The van der Waals surface area contributed by atoms with E-state index in [1.165, 1.54) is 5.56 Å². The highest BCUT2D eigenvalue weighted by molar-refractivity contribution is 5.81. The van der Waals surface area contributed by atoms with Gasteiger partial charge in [0.1, 0.15) is 0 Å². The Labute approximate surface area is 97.0 Å². The second-order valence-electron chi connectivity index (χ2n) is 4.76. The maximum Gasteiger partial charge on any atom is 0.227 e. The summed E-state index contributed by atoms with van der Waals surface area (Å²) in [6.45, 7) is 6.64. The van der Waals surface area contributed by atoms with Gasteiger partial charge in [0.05, 0.1) is 5.41 Å². The molecule has 1 amide bonds. The van der Waals surface area contributed by atoms with Gasteiger partial charge in [-0.3, -0.25) is 4.79 Å². The van der Waals surface area contributed by atoms with Crippen LogP contribution in [-0.4, -0.2) is 12.5 Å². The molecule has 0 aliphatic heterocycles. The molecule has 0 bridgehead atoms. The first kappa shape index (κ1) is 12.7. The zero-order chi connectivity index (χ0) is 12.2. The Hall–Kier alpha value is -1.35. The largest absolute Gasteiger partial charge is 0.352 e. The molecule has 1 aromatic rings. The van der Waals surface area contributed by atoms with E-state index in [4.69, 9.17) is 5.73 Å². The van der Waals surface area contributed by atoms with Crippen LogP contribution in [0.4, 0.5) is 0 Å². The minimum Gasteiger partial charge on any atom is -0.352 e. The Morgan fingerprint density at radius 1 is 1.31 bits per heavy atom. The lowest BCUT2D eigenvalue weighted by molar-refractivity contribution is -0.129. The molecule has 0 saturated carbocycles. The van der Waals surface area contributed by atoms with Crippen molar-refractivity contribution in [3.63, 3.8) is 0 Å². The fourth-order valence-corrected chi connectivity index (χ4v) is 1.22. The van der Waals surface area contributed by atoms with Gasteiger partial charge in [0.15, 0.2) is 0 Å². The number of carbonyl (C=O) groups excluding carboxylic acids is 1. The Kier molecular flexibility index (Phi) is 4.07. The summed E-state index contributed by atoms with van der Waals surface area (Å²) < 4.78 is 0. The van der Waals surface area contributed by atoms with E-state index in [2.05, 4.69) is 5.32 Å². The molecule has 1 rings (SSSR count). The van der Waals surface area contributed by atoms with Crippen molar-refractivity contribution in [2.45, 2.75) is 27.3 Å². The number of amides is 1. The standard InChI is InChI=1S/C13H20N2O/c1-10-4-6-11(7-5-10)8-15-12(16)13(2,3)9-14/h4-7H,8-9,14H2,1-3H3,(H,15,16). The summed E-state index contributed by atoms with van der Waals surface area (Å²) in [4.78, 5) is 11.7. The van der Waals surface area contributed by atoms with E-state index in [0.29, 0.717) is 13.1 Å². The Bertz CT molecular complexity index is 355.